The topological polar surface area (TPSA) is 56.7 Å². The van der Waals surface area contributed by atoms with E-state index in [0.29, 0.717) is 5.95 Å². The molecule has 0 fully saturated rings. The first-order valence-corrected chi connectivity index (χ1v) is 6.72. The van der Waals surface area contributed by atoms with Gasteiger partial charge in [-0.25, -0.2) is 9.97 Å². The number of nitrogens with two attached hydrogens (primary N) is 1. The first kappa shape index (κ1) is 12.2. The molecule has 2 aromatic heterocycles. The molecule has 3 aromatic rings. The molecule has 96 valence electrons. The molecule has 0 saturated carbocycles. The standard InChI is InChI=1S/C14H13BrN4/c1-8-5-11-13(17-7-8)19(14(16)18-11)12-6-10(15)4-3-9(12)2/h3-7H,1-2H3,(H2,16,18). The second-order valence-electron chi connectivity index (χ2n) is 4.59. The third-order valence-corrected chi connectivity index (χ3v) is 3.57. The average molecular weight is 317 g/mol. The number of aromatic nitrogens is 3. The molecule has 0 unspecified atom stereocenters. The van der Waals surface area contributed by atoms with Crippen molar-refractivity contribution in [1.29, 1.82) is 0 Å². The van der Waals surface area contributed by atoms with Gasteiger partial charge in [-0.15, -0.1) is 0 Å². The van der Waals surface area contributed by atoms with E-state index in [1.165, 1.54) is 0 Å². The number of fused-ring (bicyclic) bond motifs is 1. The summed E-state index contributed by atoms with van der Waals surface area (Å²) >= 11 is 3.49. The molecule has 4 nitrogen and oxygen atoms in total. The normalized spacial score (nSPS) is 11.1. The molecule has 0 aliphatic heterocycles. The van der Waals surface area contributed by atoms with Gasteiger partial charge in [-0.1, -0.05) is 22.0 Å². The summed E-state index contributed by atoms with van der Waals surface area (Å²) < 4.78 is 2.89. The number of benzene rings is 1. The van der Waals surface area contributed by atoms with Crippen molar-refractivity contribution in [2.75, 3.05) is 5.73 Å². The summed E-state index contributed by atoms with van der Waals surface area (Å²) in [5.74, 6) is 0.453. The van der Waals surface area contributed by atoms with E-state index < -0.39 is 0 Å². The molecule has 0 amide bonds. The number of pyridine rings is 1. The summed E-state index contributed by atoms with van der Waals surface area (Å²) in [7, 11) is 0. The number of imidazole rings is 1. The summed E-state index contributed by atoms with van der Waals surface area (Å²) in [6.45, 7) is 4.03. The lowest BCUT2D eigenvalue weighted by Gasteiger charge is -2.09. The Morgan fingerprint density at radius 3 is 2.79 bits per heavy atom. The summed E-state index contributed by atoms with van der Waals surface area (Å²) in [6.07, 6.45) is 1.83. The number of nitrogen functional groups attached to an aromatic ring is 1. The fourth-order valence-corrected chi connectivity index (χ4v) is 2.49. The fourth-order valence-electron chi connectivity index (χ4n) is 2.14. The van der Waals surface area contributed by atoms with Gasteiger partial charge < -0.3 is 5.73 Å². The quantitative estimate of drug-likeness (QED) is 0.748. The van der Waals surface area contributed by atoms with Crippen LogP contribution in [0.4, 0.5) is 5.95 Å². The molecule has 0 spiro atoms. The number of hydrogen-bond donors (Lipinski definition) is 1. The van der Waals surface area contributed by atoms with Crippen LogP contribution in [0.25, 0.3) is 16.9 Å². The van der Waals surface area contributed by atoms with Crippen molar-refractivity contribution >= 4 is 33.0 Å². The maximum Gasteiger partial charge on any atom is 0.207 e. The number of aryl methyl sites for hydroxylation is 2. The van der Waals surface area contributed by atoms with E-state index in [2.05, 4.69) is 25.9 Å². The van der Waals surface area contributed by atoms with Crippen LogP contribution in [-0.4, -0.2) is 14.5 Å². The molecule has 2 heterocycles. The van der Waals surface area contributed by atoms with E-state index >= 15 is 0 Å². The van der Waals surface area contributed by atoms with Gasteiger partial charge >= 0.3 is 0 Å². The first-order chi connectivity index (χ1) is 9.06. The molecule has 0 bridgehead atoms. The molecule has 0 atom stereocenters. The predicted molar refractivity (Wildman–Crippen MR) is 80.5 cm³/mol. The van der Waals surface area contributed by atoms with Gasteiger partial charge in [0.1, 0.15) is 5.52 Å². The van der Waals surface area contributed by atoms with Crippen LogP contribution in [0.3, 0.4) is 0 Å². The van der Waals surface area contributed by atoms with E-state index in [9.17, 15) is 0 Å². The van der Waals surface area contributed by atoms with E-state index in [1.54, 1.807) is 0 Å². The van der Waals surface area contributed by atoms with Crippen LogP contribution in [0.1, 0.15) is 11.1 Å². The van der Waals surface area contributed by atoms with Gasteiger partial charge in [0.25, 0.3) is 0 Å². The number of halogens is 1. The molecule has 2 N–H and O–H groups in total. The Hall–Kier alpha value is -1.88. The Labute approximate surface area is 119 Å². The van der Waals surface area contributed by atoms with Crippen LogP contribution in [0.15, 0.2) is 34.9 Å². The molecule has 1 aromatic carbocycles. The zero-order valence-corrected chi connectivity index (χ0v) is 12.3. The molecule has 5 heteroatoms. The van der Waals surface area contributed by atoms with Crippen LogP contribution in [0.2, 0.25) is 0 Å². The highest BCUT2D eigenvalue weighted by atomic mass is 79.9. The van der Waals surface area contributed by atoms with Crippen LogP contribution < -0.4 is 5.73 Å². The third-order valence-electron chi connectivity index (χ3n) is 3.07. The summed E-state index contributed by atoms with van der Waals surface area (Å²) in [6, 6.07) is 8.06. The van der Waals surface area contributed by atoms with Crippen molar-refractivity contribution in [3.05, 3.63) is 46.1 Å². The van der Waals surface area contributed by atoms with Gasteiger partial charge in [0, 0.05) is 10.7 Å². The predicted octanol–water partition coefficient (Wildman–Crippen LogP) is 3.38. The molecular weight excluding hydrogens is 304 g/mol. The monoisotopic (exact) mass is 316 g/mol. The van der Waals surface area contributed by atoms with Crippen molar-refractivity contribution in [3.8, 4) is 5.69 Å². The fraction of sp³-hybridized carbons (Fsp3) is 0.143. The molecule has 0 aliphatic carbocycles. The zero-order chi connectivity index (χ0) is 13.6. The van der Waals surface area contributed by atoms with Crippen LogP contribution in [0.5, 0.6) is 0 Å². The number of hydrogen-bond acceptors (Lipinski definition) is 3. The maximum atomic E-state index is 6.05. The van der Waals surface area contributed by atoms with Gasteiger partial charge in [-0.05, 0) is 43.2 Å². The Kier molecular flexibility index (Phi) is 2.78. The highest BCUT2D eigenvalue weighted by Crippen LogP contribution is 2.26. The van der Waals surface area contributed by atoms with Gasteiger partial charge in [-0.2, -0.15) is 0 Å². The SMILES string of the molecule is Cc1cnc2c(c1)nc(N)n2-c1cc(Br)ccc1C. The van der Waals surface area contributed by atoms with Crippen molar-refractivity contribution in [2.45, 2.75) is 13.8 Å². The molecule has 3 rings (SSSR count). The van der Waals surface area contributed by atoms with Gasteiger partial charge in [0.2, 0.25) is 5.95 Å². The minimum absolute atomic E-state index is 0.453. The second-order valence-corrected chi connectivity index (χ2v) is 5.51. The number of anilines is 1. The Morgan fingerprint density at radius 1 is 1.21 bits per heavy atom. The summed E-state index contributed by atoms with van der Waals surface area (Å²) in [4.78, 5) is 8.84. The van der Waals surface area contributed by atoms with Gasteiger partial charge in [0.15, 0.2) is 5.65 Å². The Bertz CT molecular complexity index is 776. The highest BCUT2D eigenvalue weighted by Gasteiger charge is 2.13. The van der Waals surface area contributed by atoms with Gasteiger partial charge in [0.05, 0.1) is 5.69 Å². The van der Waals surface area contributed by atoms with Crippen molar-refractivity contribution in [1.82, 2.24) is 14.5 Å². The highest BCUT2D eigenvalue weighted by molar-refractivity contribution is 9.10. The average Bonchev–Trinajstić information content (AvgIpc) is 2.67. The first-order valence-electron chi connectivity index (χ1n) is 5.93. The van der Waals surface area contributed by atoms with Crippen LogP contribution >= 0.6 is 15.9 Å². The summed E-state index contributed by atoms with van der Waals surface area (Å²) in [5.41, 5.74) is 10.8. The molecule has 19 heavy (non-hydrogen) atoms. The number of nitrogens with zero attached hydrogens (tertiary/aromatic N) is 3. The van der Waals surface area contributed by atoms with E-state index in [0.717, 1.165) is 32.5 Å². The van der Waals surface area contributed by atoms with E-state index in [1.807, 2.05) is 48.9 Å². The molecular formula is C14H13BrN4. The Balaban J connectivity index is 2.36. The van der Waals surface area contributed by atoms with E-state index in [4.69, 9.17) is 5.73 Å². The smallest absolute Gasteiger partial charge is 0.207 e. The zero-order valence-electron chi connectivity index (χ0n) is 10.7. The third kappa shape index (κ3) is 2.00. The molecule has 0 saturated heterocycles. The molecule has 0 radical (unpaired) electrons. The van der Waals surface area contributed by atoms with E-state index in [-0.39, 0.29) is 0 Å². The van der Waals surface area contributed by atoms with Crippen LogP contribution in [-0.2, 0) is 0 Å². The second kappa shape index (κ2) is 4.35. The largest absolute Gasteiger partial charge is 0.369 e. The maximum absolute atomic E-state index is 6.05. The van der Waals surface area contributed by atoms with Crippen LogP contribution in [0, 0.1) is 13.8 Å². The van der Waals surface area contributed by atoms with Gasteiger partial charge in [-0.3, -0.25) is 4.57 Å². The summed E-state index contributed by atoms with van der Waals surface area (Å²) in [5, 5.41) is 0. The van der Waals surface area contributed by atoms with Crippen molar-refractivity contribution < 1.29 is 0 Å². The lowest BCUT2D eigenvalue weighted by molar-refractivity contribution is 1.06. The minimum Gasteiger partial charge on any atom is -0.369 e. The number of rotatable bonds is 1. The Morgan fingerprint density at radius 2 is 2.00 bits per heavy atom. The lowest BCUT2D eigenvalue weighted by Crippen LogP contribution is -2.03. The minimum atomic E-state index is 0.453. The van der Waals surface area contributed by atoms with Crippen molar-refractivity contribution in [2.24, 2.45) is 0 Å². The molecule has 0 aliphatic rings. The lowest BCUT2D eigenvalue weighted by atomic mass is 10.2. The van der Waals surface area contributed by atoms with Crippen molar-refractivity contribution in [3.63, 3.8) is 0 Å².